The minimum absolute atomic E-state index is 0.185. The highest BCUT2D eigenvalue weighted by Crippen LogP contribution is 2.31. The summed E-state index contributed by atoms with van der Waals surface area (Å²) in [5, 5.41) is 12.1. The van der Waals surface area contributed by atoms with Gasteiger partial charge in [-0.2, -0.15) is 0 Å². The van der Waals surface area contributed by atoms with E-state index in [0.29, 0.717) is 35.2 Å². The summed E-state index contributed by atoms with van der Waals surface area (Å²) in [4.78, 5) is 24.7. The molecule has 0 radical (unpaired) electrons. The van der Waals surface area contributed by atoms with Crippen molar-refractivity contribution in [1.82, 2.24) is 19.3 Å². The van der Waals surface area contributed by atoms with Gasteiger partial charge >= 0.3 is 0 Å². The van der Waals surface area contributed by atoms with E-state index >= 15 is 0 Å². The number of carbonyl (C=O) groups excluding carboxylic acids is 1. The summed E-state index contributed by atoms with van der Waals surface area (Å²) >= 11 is 6.47. The Labute approximate surface area is 184 Å². The van der Waals surface area contributed by atoms with Gasteiger partial charge in [0.25, 0.3) is 11.5 Å². The highest BCUT2D eigenvalue weighted by molar-refractivity contribution is 6.33. The van der Waals surface area contributed by atoms with E-state index in [2.05, 4.69) is 20.1 Å². The average molecular weight is 442 g/mol. The number of ether oxygens (including phenoxy) is 1. The minimum Gasteiger partial charge on any atom is -0.383 e. The van der Waals surface area contributed by atoms with Crippen LogP contribution >= 0.6 is 11.6 Å². The molecule has 162 valence electrons. The van der Waals surface area contributed by atoms with Crippen molar-refractivity contribution in [2.24, 2.45) is 0 Å². The second kappa shape index (κ2) is 9.45. The van der Waals surface area contributed by atoms with Crippen LogP contribution < -0.4 is 10.9 Å². The van der Waals surface area contributed by atoms with Crippen molar-refractivity contribution in [3.05, 3.63) is 63.3 Å². The lowest BCUT2D eigenvalue weighted by Crippen LogP contribution is -2.23. The van der Waals surface area contributed by atoms with Gasteiger partial charge < -0.3 is 19.2 Å². The Kier molecular flexibility index (Phi) is 6.48. The van der Waals surface area contributed by atoms with E-state index in [-0.39, 0.29) is 11.5 Å². The molecule has 0 saturated heterocycles. The zero-order chi connectivity index (χ0) is 21.8. The number of methoxy groups -OCH3 is 1. The number of halogens is 1. The van der Waals surface area contributed by atoms with Crippen LogP contribution in [0.25, 0.3) is 11.4 Å². The molecule has 3 aromatic rings. The molecular weight excluding hydrogens is 418 g/mol. The monoisotopic (exact) mass is 441 g/mol. The summed E-state index contributed by atoms with van der Waals surface area (Å²) in [6.45, 7) is 1.61. The van der Waals surface area contributed by atoms with Crippen molar-refractivity contribution >= 4 is 23.2 Å². The third kappa shape index (κ3) is 4.70. The number of carbonyl (C=O) groups is 1. The van der Waals surface area contributed by atoms with E-state index < -0.39 is 0 Å². The van der Waals surface area contributed by atoms with Crippen LogP contribution in [0, 0.1) is 0 Å². The molecule has 0 saturated carbocycles. The van der Waals surface area contributed by atoms with Gasteiger partial charge in [0.1, 0.15) is 5.82 Å². The first-order valence-electron chi connectivity index (χ1n) is 10.3. The number of amides is 1. The number of rotatable bonds is 6. The van der Waals surface area contributed by atoms with Crippen LogP contribution in [-0.2, 0) is 24.2 Å². The normalized spacial score (nSPS) is 13.5. The number of hydrogen-bond donors (Lipinski definition) is 1. The van der Waals surface area contributed by atoms with E-state index in [1.807, 2.05) is 6.07 Å². The predicted molar refractivity (Wildman–Crippen MR) is 119 cm³/mol. The molecule has 9 heteroatoms. The molecule has 0 spiro atoms. The van der Waals surface area contributed by atoms with Gasteiger partial charge in [-0.05, 0) is 37.1 Å². The number of anilines is 1. The molecule has 1 amide bonds. The molecule has 2 aromatic heterocycles. The van der Waals surface area contributed by atoms with Crippen LogP contribution in [0.3, 0.4) is 0 Å². The molecule has 1 aliphatic heterocycles. The number of nitrogens with zero attached hydrogens (tertiary/aromatic N) is 4. The Bertz CT molecular complexity index is 1150. The Morgan fingerprint density at radius 3 is 2.90 bits per heavy atom. The zero-order valence-electron chi connectivity index (χ0n) is 17.3. The fraction of sp³-hybridized carbons (Fsp3) is 0.364. The van der Waals surface area contributed by atoms with E-state index in [1.165, 1.54) is 29.3 Å². The van der Waals surface area contributed by atoms with Crippen LogP contribution in [0.1, 0.15) is 35.4 Å². The number of aryl methyl sites for hydroxylation is 1. The third-order valence-corrected chi connectivity index (χ3v) is 5.69. The first kappa shape index (κ1) is 21.3. The van der Waals surface area contributed by atoms with Crippen molar-refractivity contribution in [3.8, 4) is 11.4 Å². The summed E-state index contributed by atoms with van der Waals surface area (Å²) in [7, 11) is 1.56. The number of fused-ring (bicyclic) bond motifs is 1. The first-order chi connectivity index (χ1) is 15.1. The van der Waals surface area contributed by atoms with Gasteiger partial charge in [-0.3, -0.25) is 9.59 Å². The molecule has 8 nitrogen and oxygen atoms in total. The van der Waals surface area contributed by atoms with Gasteiger partial charge in [-0.25, -0.2) is 0 Å². The summed E-state index contributed by atoms with van der Waals surface area (Å²) in [6, 6.07) is 8.18. The van der Waals surface area contributed by atoms with Gasteiger partial charge in [0, 0.05) is 50.1 Å². The number of aromatic nitrogens is 4. The lowest BCUT2D eigenvalue weighted by atomic mass is 10.1. The molecule has 1 aliphatic rings. The Hall–Kier alpha value is -2.97. The number of hydrogen-bond acceptors (Lipinski definition) is 5. The van der Waals surface area contributed by atoms with Crippen molar-refractivity contribution in [1.29, 1.82) is 0 Å². The molecular formula is C22H24ClN5O3. The van der Waals surface area contributed by atoms with Crippen LogP contribution in [0.4, 0.5) is 5.69 Å². The second-order valence-corrected chi connectivity index (χ2v) is 7.90. The van der Waals surface area contributed by atoms with E-state index in [4.69, 9.17) is 16.3 Å². The Morgan fingerprint density at radius 2 is 2.06 bits per heavy atom. The standard InChI is InChI=1S/C22H24ClN5O3/c1-31-12-11-27-14-15(6-9-20(27)29)22(30)24-16-7-8-18(23)17(13-16)21-26-25-19-5-3-2-4-10-28(19)21/h6-9,13-14H,2-5,10-12H2,1H3,(H,24,30). The number of pyridine rings is 1. The van der Waals surface area contributed by atoms with Crippen LogP contribution in [-0.4, -0.2) is 39.0 Å². The lowest BCUT2D eigenvalue weighted by molar-refractivity contribution is 0.102. The third-order valence-electron chi connectivity index (χ3n) is 5.36. The predicted octanol–water partition coefficient (Wildman–Crippen LogP) is 3.39. The first-order valence-corrected chi connectivity index (χ1v) is 10.7. The van der Waals surface area contributed by atoms with Crippen molar-refractivity contribution in [2.45, 2.75) is 38.8 Å². The van der Waals surface area contributed by atoms with Gasteiger partial charge in [0.15, 0.2) is 5.82 Å². The van der Waals surface area contributed by atoms with E-state index in [1.54, 1.807) is 19.2 Å². The molecule has 0 bridgehead atoms. The second-order valence-electron chi connectivity index (χ2n) is 7.49. The van der Waals surface area contributed by atoms with Crippen LogP contribution in [0.5, 0.6) is 0 Å². The Balaban J connectivity index is 1.59. The molecule has 3 heterocycles. The number of benzene rings is 1. The SMILES string of the molecule is COCCn1cc(C(=O)Nc2ccc(Cl)c(-c3nnc4n3CCCCC4)c2)ccc1=O. The van der Waals surface area contributed by atoms with Crippen LogP contribution in [0.15, 0.2) is 41.3 Å². The van der Waals surface area contributed by atoms with Gasteiger partial charge in [0.2, 0.25) is 0 Å². The molecule has 31 heavy (non-hydrogen) atoms. The van der Waals surface area contributed by atoms with Gasteiger partial charge in [-0.1, -0.05) is 18.0 Å². The molecule has 0 fully saturated rings. The molecule has 0 atom stereocenters. The quantitative estimate of drug-likeness (QED) is 0.633. The maximum Gasteiger partial charge on any atom is 0.257 e. The fourth-order valence-corrected chi connectivity index (χ4v) is 3.89. The smallest absolute Gasteiger partial charge is 0.257 e. The largest absolute Gasteiger partial charge is 0.383 e. The van der Waals surface area contributed by atoms with Crippen molar-refractivity contribution in [2.75, 3.05) is 19.0 Å². The summed E-state index contributed by atoms with van der Waals surface area (Å²) in [5.41, 5.74) is 1.51. The molecule has 4 rings (SSSR count). The topological polar surface area (TPSA) is 91.0 Å². The molecule has 0 aliphatic carbocycles. The van der Waals surface area contributed by atoms with Gasteiger partial charge in [0.05, 0.1) is 17.2 Å². The number of nitrogens with one attached hydrogen (secondary N) is 1. The maximum absolute atomic E-state index is 12.8. The molecule has 0 unspecified atom stereocenters. The van der Waals surface area contributed by atoms with E-state index in [9.17, 15) is 9.59 Å². The molecule has 1 N–H and O–H groups in total. The molecule has 1 aromatic carbocycles. The average Bonchev–Trinajstić information content (AvgIpc) is 3.02. The minimum atomic E-state index is -0.320. The highest BCUT2D eigenvalue weighted by atomic mass is 35.5. The van der Waals surface area contributed by atoms with Crippen molar-refractivity contribution < 1.29 is 9.53 Å². The van der Waals surface area contributed by atoms with E-state index in [0.717, 1.165) is 37.2 Å². The highest BCUT2D eigenvalue weighted by Gasteiger charge is 2.19. The summed E-state index contributed by atoms with van der Waals surface area (Å²) < 4.78 is 8.59. The van der Waals surface area contributed by atoms with Crippen molar-refractivity contribution in [3.63, 3.8) is 0 Å². The fourth-order valence-electron chi connectivity index (χ4n) is 3.69. The summed E-state index contributed by atoms with van der Waals surface area (Å²) in [5.74, 6) is 1.36. The van der Waals surface area contributed by atoms with Crippen LogP contribution in [0.2, 0.25) is 5.02 Å². The Morgan fingerprint density at radius 1 is 1.19 bits per heavy atom. The lowest BCUT2D eigenvalue weighted by Gasteiger charge is -2.12. The summed E-state index contributed by atoms with van der Waals surface area (Å²) in [6.07, 6.45) is 5.78. The van der Waals surface area contributed by atoms with Gasteiger partial charge in [-0.15, -0.1) is 10.2 Å². The zero-order valence-corrected chi connectivity index (χ0v) is 18.1. The maximum atomic E-state index is 12.8.